The number of aryl methyl sites for hydroxylation is 1. The van der Waals surface area contributed by atoms with Crippen molar-refractivity contribution in [3.63, 3.8) is 0 Å². The van der Waals surface area contributed by atoms with Crippen molar-refractivity contribution in [2.45, 2.75) is 13.0 Å². The Morgan fingerprint density at radius 3 is 2.64 bits per heavy atom. The Labute approximate surface area is 128 Å². The second kappa shape index (κ2) is 5.18. The van der Waals surface area contributed by atoms with Crippen LogP contribution in [0, 0.1) is 0 Å². The van der Waals surface area contributed by atoms with E-state index in [9.17, 15) is 4.79 Å². The third-order valence-electron chi connectivity index (χ3n) is 3.91. The van der Waals surface area contributed by atoms with Crippen LogP contribution in [0.2, 0.25) is 0 Å². The highest BCUT2D eigenvalue weighted by molar-refractivity contribution is 6.01. The van der Waals surface area contributed by atoms with E-state index in [0.29, 0.717) is 6.54 Å². The zero-order valence-corrected chi connectivity index (χ0v) is 12.1. The molecule has 5 nitrogen and oxygen atoms in total. The molecular weight excluding hydrogens is 276 g/mol. The van der Waals surface area contributed by atoms with Crippen LogP contribution in [0.5, 0.6) is 0 Å². The summed E-state index contributed by atoms with van der Waals surface area (Å²) >= 11 is 0. The van der Waals surface area contributed by atoms with Gasteiger partial charge in [-0.05, 0) is 30.7 Å². The number of anilines is 2. The van der Waals surface area contributed by atoms with Gasteiger partial charge in [-0.3, -0.25) is 4.90 Å². The fourth-order valence-electron chi connectivity index (χ4n) is 2.88. The maximum Gasteiger partial charge on any atom is 0.328 e. The summed E-state index contributed by atoms with van der Waals surface area (Å²) in [6.45, 7) is 1.58. The summed E-state index contributed by atoms with van der Waals surface area (Å²) in [6.07, 6.45) is 0.926. The summed E-state index contributed by atoms with van der Waals surface area (Å²) < 4.78 is 2.11. The molecule has 1 aliphatic rings. The van der Waals surface area contributed by atoms with E-state index in [4.69, 9.17) is 0 Å². The SMILES string of the molecule is O=C(Nc1ccccc1)N1CCCn2c1nc1ccccc12. The number of hydrogen-bond acceptors (Lipinski definition) is 2. The van der Waals surface area contributed by atoms with Crippen molar-refractivity contribution in [3.8, 4) is 0 Å². The van der Waals surface area contributed by atoms with Gasteiger partial charge in [-0.2, -0.15) is 0 Å². The first-order chi connectivity index (χ1) is 10.8. The molecule has 4 rings (SSSR count). The Morgan fingerprint density at radius 2 is 1.77 bits per heavy atom. The molecule has 0 atom stereocenters. The molecule has 0 radical (unpaired) electrons. The number of carbonyl (C=O) groups is 1. The summed E-state index contributed by atoms with van der Waals surface area (Å²) in [5.41, 5.74) is 2.80. The molecule has 0 spiro atoms. The van der Waals surface area contributed by atoms with Gasteiger partial charge in [0.1, 0.15) is 0 Å². The second-order valence-corrected chi connectivity index (χ2v) is 5.35. The van der Waals surface area contributed by atoms with Crippen LogP contribution >= 0.6 is 0 Å². The van der Waals surface area contributed by atoms with E-state index in [1.54, 1.807) is 4.90 Å². The molecule has 2 aromatic carbocycles. The number of fused-ring (bicyclic) bond motifs is 3. The second-order valence-electron chi connectivity index (χ2n) is 5.35. The number of urea groups is 1. The van der Waals surface area contributed by atoms with E-state index < -0.39 is 0 Å². The van der Waals surface area contributed by atoms with E-state index in [2.05, 4.69) is 14.9 Å². The van der Waals surface area contributed by atoms with Crippen LogP contribution in [0.25, 0.3) is 11.0 Å². The fraction of sp³-hybridized carbons (Fsp3) is 0.176. The van der Waals surface area contributed by atoms with Gasteiger partial charge in [0.25, 0.3) is 0 Å². The number of carbonyl (C=O) groups excluding carboxylic acids is 1. The average molecular weight is 292 g/mol. The summed E-state index contributed by atoms with van der Waals surface area (Å²) in [7, 11) is 0. The monoisotopic (exact) mass is 292 g/mol. The third-order valence-corrected chi connectivity index (χ3v) is 3.91. The molecule has 2 amide bonds. The summed E-state index contributed by atoms with van der Waals surface area (Å²) in [4.78, 5) is 18.9. The van der Waals surface area contributed by atoms with E-state index in [1.807, 2.05) is 54.6 Å². The molecule has 1 N–H and O–H groups in total. The smallest absolute Gasteiger partial charge is 0.310 e. The maximum absolute atomic E-state index is 12.6. The summed E-state index contributed by atoms with van der Waals surface area (Å²) in [6, 6.07) is 17.4. The highest BCUT2D eigenvalue weighted by Gasteiger charge is 2.26. The molecule has 3 aromatic rings. The largest absolute Gasteiger partial charge is 0.328 e. The number of imidazole rings is 1. The molecule has 0 fully saturated rings. The minimum atomic E-state index is -0.137. The fourth-order valence-corrected chi connectivity index (χ4v) is 2.88. The number of amides is 2. The van der Waals surface area contributed by atoms with Gasteiger partial charge >= 0.3 is 6.03 Å². The summed E-state index contributed by atoms with van der Waals surface area (Å²) in [5, 5.41) is 2.93. The molecule has 0 aliphatic carbocycles. The number of aromatic nitrogens is 2. The van der Waals surface area contributed by atoms with Gasteiger partial charge in [0, 0.05) is 18.8 Å². The topological polar surface area (TPSA) is 50.2 Å². The van der Waals surface area contributed by atoms with Crippen molar-refractivity contribution < 1.29 is 4.79 Å². The first-order valence-electron chi connectivity index (χ1n) is 7.42. The minimum Gasteiger partial charge on any atom is -0.310 e. The normalized spacial score (nSPS) is 13.9. The molecule has 110 valence electrons. The highest BCUT2D eigenvalue weighted by Crippen LogP contribution is 2.27. The highest BCUT2D eigenvalue weighted by atomic mass is 16.2. The van der Waals surface area contributed by atoms with Gasteiger partial charge < -0.3 is 9.88 Å². The standard InChI is InChI=1S/C17H16N4O/c22-17(18-13-7-2-1-3-8-13)21-12-6-11-20-15-10-5-4-9-14(15)19-16(20)21/h1-5,7-10H,6,11-12H2,(H,18,22). The lowest BCUT2D eigenvalue weighted by Crippen LogP contribution is -2.40. The van der Waals surface area contributed by atoms with Gasteiger partial charge in [0.15, 0.2) is 0 Å². The lowest BCUT2D eigenvalue weighted by Gasteiger charge is -2.27. The van der Waals surface area contributed by atoms with E-state index in [1.165, 1.54) is 0 Å². The lowest BCUT2D eigenvalue weighted by molar-refractivity contribution is 0.255. The van der Waals surface area contributed by atoms with Crippen molar-refractivity contribution in [2.75, 3.05) is 16.8 Å². The van der Waals surface area contributed by atoms with Crippen LogP contribution in [0.1, 0.15) is 6.42 Å². The van der Waals surface area contributed by atoms with E-state index >= 15 is 0 Å². The van der Waals surface area contributed by atoms with Crippen LogP contribution in [0.4, 0.5) is 16.4 Å². The molecule has 0 unspecified atom stereocenters. The first-order valence-corrected chi connectivity index (χ1v) is 7.42. The van der Waals surface area contributed by atoms with Crippen molar-refractivity contribution in [2.24, 2.45) is 0 Å². The van der Waals surface area contributed by atoms with Crippen LogP contribution < -0.4 is 10.2 Å². The summed E-state index contributed by atoms with van der Waals surface area (Å²) in [5.74, 6) is 0.723. The Morgan fingerprint density at radius 1 is 1.00 bits per heavy atom. The molecule has 0 bridgehead atoms. The Hall–Kier alpha value is -2.82. The van der Waals surface area contributed by atoms with Gasteiger partial charge in [-0.15, -0.1) is 0 Å². The average Bonchev–Trinajstić information content (AvgIpc) is 2.94. The molecule has 1 aromatic heterocycles. The van der Waals surface area contributed by atoms with E-state index in [-0.39, 0.29) is 6.03 Å². The molecule has 5 heteroatoms. The molecule has 0 saturated heterocycles. The Balaban J connectivity index is 1.68. The van der Waals surface area contributed by atoms with Crippen LogP contribution in [-0.2, 0) is 6.54 Å². The number of para-hydroxylation sites is 3. The number of nitrogens with one attached hydrogen (secondary N) is 1. The Bertz CT molecular complexity index is 825. The molecule has 0 saturated carbocycles. The minimum absolute atomic E-state index is 0.137. The van der Waals surface area contributed by atoms with Gasteiger partial charge in [-0.25, -0.2) is 9.78 Å². The first kappa shape index (κ1) is 12.9. The molecule has 2 heterocycles. The quantitative estimate of drug-likeness (QED) is 0.746. The van der Waals surface area contributed by atoms with Crippen molar-refractivity contribution in [1.29, 1.82) is 0 Å². The third kappa shape index (κ3) is 2.11. The van der Waals surface area contributed by atoms with Crippen LogP contribution in [-0.4, -0.2) is 22.1 Å². The van der Waals surface area contributed by atoms with Crippen LogP contribution in [0.3, 0.4) is 0 Å². The number of benzene rings is 2. The lowest BCUT2D eigenvalue weighted by atomic mass is 10.3. The van der Waals surface area contributed by atoms with Gasteiger partial charge in [-0.1, -0.05) is 30.3 Å². The van der Waals surface area contributed by atoms with E-state index in [0.717, 1.165) is 35.6 Å². The van der Waals surface area contributed by atoms with Gasteiger partial charge in [0.2, 0.25) is 5.95 Å². The van der Waals surface area contributed by atoms with Crippen molar-refractivity contribution in [1.82, 2.24) is 9.55 Å². The molecular formula is C17H16N4O. The Kier molecular flexibility index (Phi) is 3.04. The molecule has 1 aliphatic heterocycles. The van der Waals surface area contributed by atoms with Crippen molar-refractivity contribution >= 4 is 28.7 Å². The predicted molar refractivity (Wildman–Crippen MR) is 87.2 cm³/mol. The zero-order chi connectivity index (χ0) is 14.9. The number of hydrogen-bond donors (Lipinski definition) is 1. The van der Waals surface area contributed by atoms with Crippen molar-refractivity contribution in [3.05, 3.63) is 54.6 Å². The zero-order valence-electron chi connectivity index (χ0n) is 12.1. The van der Waals surface area contributed by atoms with Gasteiger partial charge in [0.05, 0.1) is 11.0 Å². The molecule has 22 heavy (non-hydrogen) atoms. The maximum atomic E-state index is 12.6. The van der Waals surface area contributed by atoms with Crippen LogP contribution in [0.15, 0.2) is 54.6 Å². The number of rotatable bonds is 1. The number of nitrogens with zero attached hydrogens (tertiary/aromatic N) is 3. The predicted octanol–water partition coefficient (Wildman–Crippen LogP) is 3.48.